The van der Waals surface area contributed by atoms with Crippen LogP contribution >= 0.6 is 0 Å². The predicted molar refractivity (Wildman–Crippen MR) is 97.3 cm³/mol. The first-order valence-corrected chi connectivity index (χ1v) is 8.85. The summed E-state index contributed by atoms with van der Waals surface area (Å²) in [6, 6.07) is 3.39. The van der Waals surface area contributed by atoms with Crippen molar-refractivity contribution >= 4 is 23.2 Å². The number of anilines is 2. The number of hydrogen-bond acceptors (Lipinski definition) is 6. The van der Waals surface area contributed by atoms with Gasteiger partial charge in [0, 0.05) is 31.9 Å². The molecule has 2 N–H and O–H groups in total. The smallest absolute Gasteiger partial charge is 0.256 e. The van der Waals surface area contributed by atoms with E-state index in [2.05, 4.69) is 25.7 Å². The van der Waals surface area contributed by atoms with Crippen molar-refractivity contribution < 1.29 is 9.18 Å². The molecule has 1 spiro atoms. The van der Waals surface area contributed by atoms with Crippen molar-refractivity contribution in [2.45, 2.75) is 18.4 Å². The van der Waals surface area contributed by atoms with Gasteiger partial charge >= 0.3 is 0 Å². The molecule has 3 aromatic rings. The van der Waals surface area contributed by atoms with E-state index in [9.17, 15) is 9.18 Å². The van der Waals surface area contributed by atoms with Gasteiger partial charge in [0.25, 0.3) is 5.91 Å². The first-order chi connectivity index (χ1) is 13.1. The number of hydrogen-bond donors (Lipinski definition) is 2. The Morgan fingerprint density at radius 3 is 2.85 bits per heavy atom. The molecular formula is C18H18FN7O. The van der Waals surface area contributed by atoms with Crippen LogP contribution in [0.4, 0.5) is 16.0 Å². The minimum absolute atomic E-state index is 0.230. The van der Waals surface area contributed by atoms with Crippen LogP contribution in [0.5, 0.6) is 0 Å². The molecule has 0 radical (unpaired) electrons. The Bertz CT molecular complexity index is 1060. The molecule has 138 valence electrons. The molecule has 2 bridgehead atoms. The van der Waals surface area contributed by atoms with Gasteiger partial charge in [0.1, 0.15) is 23.0 Å². The monoisotopic (exact) mass is 367 g/mol. The number of fused-ring (bicyclic) bond motifs is 3. The molecule has 2 aliphatic rings. The van der Waals surface area contributed by atoms with Crippen molar-refractivity contribution in [3.63, 3.8) is 0 Å². The third kappa shape index (κ3) is 2.42. The third-order valence-corrected chi connectivity index (χ3v) is 5.37. The second kappa shape index (κ2) is 5.63. The highest BCUT2D eigenvalue weighted by Crippen LogP contribution is 2.53. The van der Waals surface area contributed by atoms with Gasteiger partial charge in [0.05, 0.1) is 17.9 Å². The molecule has 1 aliphatic carbocycles. The molecule has 1 fully saturated rings. The Labute approximate surface area is 154 Å². The van der Waals surface area contributed by atoms with Gasteiger partial charge in [-0.2, -0.15) is 5.10 Å². The summed E-state index contributed by atoms with van der Waals surface area (Å²) in [6.45, 7) is 0.879. The normalized spacial score (nSPS) is 18.3. The Kier molecular flexibility index (Phi) is 3.33. The molecule has 8 nitrogen and oxygen atoms in total. The van der Waals surface area contributed by atoms with E-state index in [1.165, 1.54) is 12.4 Å². The fraction of sp³-hybridized carbons (Fsp3) is 0.333. The Morgan fingerprint density at radius 2 is 2.04 bits per heavy atom. The highest BCUT2D eigenvalue weighted by molar-refractivity contribution is 5.99. The van der Waals surface area contributed by atoms with E-state index >= 15 is 0 Å². The van der Waals surface area contributed by atoms with Gasteiger partial charge in [-0.25, -0.2) is 18.9 Å². The van der Waals surface area contributed by atoms with Crippen molar-refractivity contribution in [1.29, 1.82) is 0 Å². The molecular weight excluding hydrogens is 349 g/mol. The maximum absolute atomic E-state index is 14.0. The van der Waals surface area contributed by atoms with Crippen LogP contribution in [0.3, 0.4) is 0 Å². The molecule has 4 heterocycles. The molecule has 3 aromatic heterocycles. The average Bonchev–Trinajstić information content (AvgIpc) is 3.37. The maximum Gasteiger partial charge on any atom is 0.256 e. The lowest BCUT2D eigenvalue weighted by Crippen LogP contribution is -2.33. The fourth-order valence-electron chi connectivity index (χ4n) is 3.72. The largest absolute Gasteiger partial charge is 0.368 e. The average molecular weight is 367 g/mol. The molecule has 5 rings (SSSR count). The van der Waals surface area contributed by atoms with Gasteiger partial charge in [0.2, 0.25) is 0 Å². The standard InChI is InChI=1S/C18H18FN7O/c1-25-14-2-7-26-16(24-14)12(10-23-26)17(27)21-6-5-20-15-13(18(25)3-4-18)8-11(19)9-22-15/h2,7-10H,3-6H2,1H3,(H,20,22)(H,21,27). The van der Waals surface area contributed by atoms with E-state index < -0.39 is 0 Å². The van der Waals surface area contributed by atoms with Crippen LogP contribution < -0.4 is 15.5 Å². The van der Waals surface area contributed by atoms with Crippen molar-refractivity contribution in [2.75, 3.05) is 30.4 Å². The zero-order valence-electron chi connectivity index (χ0n) is 14.7. The minimum Gasteiger partial charge on any atom is -0.368 e. The number of nitrogens with zero attached hydrogens (tertiary/aromatic N) is 5. The van der Waals surface area contributed by atoms with E-state index in [1.807, 2.05) is 18.0 Å². The van der Waals surface area contributed by atoms with E-state index in [-0.39, 0.29) is 17.3 Å². The highest BCUT2D eigenvalue weighted by atomic mass is 19.1. The van der Waals surface area contributed by atoms with Crippen LogP contribution in [0, 0.1) is 5.82 Å². The van der Waals surface area contributed by atoms with Crippen LogP contribution in [0.2, 0.25) is 0 Å². The third-order valence-electron chi connectivity index (χ3n) is 5.37. The molecule has 0 saturated heterocycles. The summed E-state index contributed by atoms with van der Waals surface area (Å²) < 4.78 is 15.6. The highest BCUT2D eigenvalue weighted by Gasteiger charge is 2.50. The van der Waals surface area contributed by atoms with E-state index in [0.29, 0.717) is 35.9 Å². The lowest BCUT2D eigenvalue weighted by atomic mass is 10.0. The molecule has 0 unspecified atom stereocenters. The van der Waals surface area contributed by atoms with Crippen LogP contribution in [-0.4, -0.2) is 45.6 Å². The second-order valence-corrected chi connectivity index (χ2v) is 6.94. The zero-order valence-corrected chi connectivity index (χ0v) is 14.7. The summed E-state index contributed by atoms with van der Waals surface area (Å²) in [5.74, 6) is 0.739. The Balaban J connectivity index is 1.69. The Hall–Kier alpha value is -3.23. The predicted octanol–water partition coefficient (Wildman–Crippen LogP) is 1.54. The van der Waals surface area contributed by atoms with Gasteiger partial charge in [-0.05, 0) is 25.0 Å². The number of aromatic nitrogens is 4. The maximum atomic E-state index is 14.0. The number of nitrogens with one attached hydrogen (secondary N) is 2. The SMILES string of the molecule is CN1c2ccn3ncc(c3n2)C(=O)NCCNc2ncc(F)cc2C12CC2. The fourth-order valence-corrected chi connectivity index (χ4v) is 3.72. The Morgan fingerprint density at radius 1 is 1.22 bits per heavy atom. The second-order valence-electron chi connectivity index (χ2n) is 6.94. The number of carbonyl (C=O) groups excluding carboxylic acids is 1. The molecule has 0 aromatic carbocycles. The summed E-state index contributed by atoms with van der Waals surface area (Å²) in [6.07, 6.45) is 6.26. The molecule has 1 aliphatic heterocycles. The number of halogens is 1. The van der Waals surface area contributed by atoms with Gasteiger partial charge in [-0.3, -0.25) is 4.79 Å². The van der Waals surface area contributed by atoms with E-state index in [1.54, 1.807) is 16.8 Å². The quantitative estimate of drug-likeness (QED) is 0.627. The van der Waals surface area contributed by atoms with E-state index in [0.717, 1.165) is 18.4 Å². The number of pyridine rings is 1. The molecule has 1 saturated carbocycles. The summed E-state index contributed by atoms with van der Waals surface area (Å²) in [5.41, 5.74) is 1.37. The lowest BCUT2D eigenvalue weighted by molar-refractivity contribution is 0.0956. The van der Waals surface area contributed by atoms with Crippen LogP contribution in [0.1, 0.15) is 28.8 Å². The minimum atomic E-state index is -0.367. The van der Waals surface area contributed by atoms with Gasteiger partial charge in [0.15, 0.2) is 5.65 Å². The van der Waals surface area contributed by atoms with Crippen LogP contribution in [0.25, 0.3) is 5.65 Å². The topological polar surface area (TPSA) is 87.5 Å². The number of amides is 1. The summed E-state index contributed by atoms with van der Waals surface area (Å²) in [7, 11) is 1.94. The van der Waals surface area contributed by atoms with Gasteiger partial charge in [-0.15, -0.1) is 0 Å². The van der Waals surface area contributed by atoms with Crippen molar-refractivity contribution in [3.8, 4) is 0 Å². The van der Waals surface area contributed by atoms with Crippen LogP contribution in [0.15, 0.2) is 30.7 Å². The molecule has 9 heteroatoms. The van der Waals surface area contributed by atoms with Gasteiger partial charge in [-0.1, -0.05) is 0 Å². The summed E-state index contributed by atoms with van der Waals surface area (Å²) in [5, 5.41) is 10.3. The van der Waals surface area contributed by atoms with Crippen molar-refractivity contribution in [3.05, 3.63) is 47.7 Å². The van der Waals surface area contributed by atoms with Gasteiger partial charge < -0.3 is 15.5 Å². The van der Waals surface area contributed by atoms with Crippen LogP contribution in [-0.2, 0) is 5.54 Å². The molecule has 0 atom stereocenters. The summed E-state index contributed by atoms with van der Waals surface area (Å²) >= 11 is 0. The number of rotatable bonds is 0. The molecule has 27 heavy (non-hydrogen) atoms. The number of carbonyl (C=O) groups is 1. The van der Waals surface area contributed by atoms with Crippen molar-refractivity contribution in [2.24, 2.45) is 0 Å². The first-order valence-electron chi connectivity index (χ1n) is 8.85. The zero-order chi connectivity index (χ0) is 18.6. The molecule has 1 amide bonds. The first kappa shape index (κ1) is 16.0. The summed E-state index contributed by atoms with van der Waals surface area (Å²) in [4.78, 5) is 23.5. The van der Waals surface area contributed by atoms with E-state index in [4.69, 9.17) is 0 Å². The van der Waals surface area contributed by atoms with Crippen molar-refractivity contribution in [1.82, 2.24) is 24.9 Å². The lowest BCUT2D eigenvalue weighted by Gasteiger charge is -2.31.